The lowest BCUT2D eigenvalue weighted by Gasteiger charge is -2.14. The number of aliphatic hydroxyl groups is 1. The lowest BCUT2D eigenvalue weighted by atomic mass is 10.2. The Morgan fingerprint density at radius 1 is 1.31 bits per heavy atom. The first-order chi connectivity index (χ1) is 7.41. The van der Waals surface area contributed by atoms with Crippen LogP contribution in [0.2, 0.25) is 0 Å². The predicted octanol–water partition coefficient (Wildman–Crippen LogP) is 1.59. The molecule has 0 amide bonds. The van der Waals surface area contributed by atoms with Gasteiger partial charge in [0.2, 0.25) is 0 Å². The van der Waals surface area contributed by atoms with Crippen molar-refractivity contribution >= 4 is 0 Å². The summed E-state index contributed by atoms with van der Waals surface area (Å²) in [5.41, 5.74) is 3.33. The van der Waals surface area contributed by atoms with Gasteiger partial charge in [0.05, 0.1) is 31.1 Å². The van der Waals surface area contributed by atoms with Crippen molar-refractivity contribution in [3.8, 4) is 0 Å². The number of nitrogens with zero attached hydrogens (tertiary/aromatic N) is 2. The number of hydrogen-bond acceptors (Lipinski definition) is 3. The van der Waals surface area contributed by atoms with Gasteiger partial charge in [-0.1, -0.05) is 0 Å². The van der Waals surface area contributed by atoms with Crippen molar-refractivity contribution in [3.05, 3.63) is 17.0 Å². The minimum absolute atomic E-state index is 0.150. The molecular formula is C12H22N2O2. The second-order valence-electron chi connectivity index (χ2n) is 4.51. The normalized spacial score (nSPS) is 13.4. The van der Waals surface area contributed by atoms with E-state index in [1.165, 1.54) is 5.56 Å². The molecule has 0 aliphatic rings. The van der Waals surface area contributed by atoms with Crippen LogP contribution in [0.25, 0.3) is 0 Å². The number of aryl methyl sites for hydroxylation is 1. The number of ether oxygens (including phenoxy) is 1. The van der Waals surface area contributed by atoms with Gasteiger partial charge in [-0.05, 0) is 40.2 Å². The maximum atomic E-state index is 9.79. The van der Waals surface area contributed by atoms with Crippen LogP contribution in [0.1, 0.15) is 30.8 Å². The van der Waals surface area contributed by atoms with Gasteiger partial charge in [-0.25, -0.2) is 0 Å². The minimum atomic E-state index is -0.500. The summed E-state index contributed by atoms with van der Waals surface area (Å²) in [5, 5.41) is 14.2. The fourth-order valence-electron chi connectivity index (χ4n) is 1.52. The molecule has 92 valence electrons. The molecule has 0 aliphatic carbocycles. The van der Waals surface area contributed by atoms with Gasteiger partial charge in [-0.2, -0.15) is 5.10 Å². The van der Waals surface area contributed by atoms with Crippen LogP contribution < -0.4 is 0 Å². The number of rotatable bonds is 5. The van der Waals surface area contributed by atoms with Crippen LogP contribution in [-0.4, -0.2) is 33.7 Å². The van der Waals surface area contributed by atoms with Gasteiger partial charge < -0.3 is 9.84 Å². The Morgan fingerprint density at radius 3 is 2.38 bits per heavy atom. The molecule has 0 aromatic carbocycles. The molecule has 1 aromatic rings. The van der Waals surface area contributed by atoms with Gasteiger partial charge in [0.1, 0.15) is 0 Å². The molecule has 1 unspecified atom stereocenters. The van der Waals surface area contributed by atoms with E-state index in [1.807, 2.05) is 39.3 Å². The molecule has 1 aromatic heterocycles. The lowest BCUT2D eigenvalue weighted by Crippen LogP contribution is -2.24. The topological polar surface area (TPSA) is 47.3 Å². The van der Waals surface area contributed by atoms with Gasteiger partial charge in [-0.3, -0.25) is 4.68 Å². The van der Waals surface area contributed by atoms with E-state index in [0.29, 0.717) is 13.2 Å². The van der Waals surface area contributed by atoms with Crippen molar-refractivity contribution in [2.45, 2.75) is 53.4 Å². The van der Waals surface area contributed by atoms with Crippen LogP contribution in [0.5, 0.6) is 0 Å². The Hall–Kier alpha value is -0.870. The SMILES string of the molecule is Cc1nn(CC(O)COC(C)C)c(C)c1C. The summed E-state index contributed by atoms with van der Waals surface area (Å²) in [6.45, 7) is 10.8. The molecule has 16 heavy (non-hydrogen) atoms. The van der Waals surface area contributed by atoms with Gasteiger partial charge in [0, 0.05) is 5.69 Å². The minimum Gasteiger partial charge on any atom is -0.389 e. The van der Waals surface area contributed by atoms with Crippen LogP contribution in [0.3, 0.4) is 0 Å². The molecule has 0 saturated carbocycles. The molecule has 0 aliphatic heterocycles. The van der Waals surface area contributed by atoms with E-state index >= 15 is 0 Å². The molecule has 0 bridgehead atoms. The first-order valence-electron chi connectivity index (χ1n) is 5.72. The smallest absolute Gasteiger partial charge is 0.0969 e. The second kappa shape index (κ2) is 5.46. The van der Waals surface area contributed by atoms with E-state index in [4.69, 9.17) is 4.74 Å². The highest BCUT2D eigenvalue weighted by Crippen LogP contribution is 2.11. The summed E-state index contributed by atoms with van der Waals surface area (Å²) in [5.74, 6) is 0. The fraction of sp³-hybridized carbons (Fsp3) is 0.750. The van der Waals surface area contributed by atoms with E-state index in [9.17, 15) is 5.11 Å². The van der Waals surface area contributed by atoms with Gasteiger partial charge in [0.25, 0.3) is 0 Å². The third kappa shape index (κ3) is 3.32. The monoisotopic (exact) mass is 226 g/mol. The zero-order valence-corrected chi connectivity index (χ0v) is 10.8. The van der Waals surface area contributed by atoms with Crippen molar-refractivity contribution in [3.63, 3.8) is 0 Å². The molecule has 0 fully saturated rings. The molecule has 1 N–H and O–H groups in total. The van der Waals surface area contributed by atoms with E-state index < -0.39 is 6.10 Å². The van der Waals surface area contributed by atoms with Crippen molar-refractivity contribution in [1.29, 1.82) is 0 Å². The summed E-state index contributed by atoms with van der Waals surface area (Å²) >= 11 is 0. The zero-order valence-electron chi connectivity index (χ0n) is 10.8. The molecule has 1 atom stereocenters. The van der Waals surface area contributed by atoms with Gasteiger partial charge in [0.15, 0.2) is 0 Å². The molecule has 1 rings (SSSR count). The Balaban J connectivity index is 2.56. The molecule has 1 heterocycles. The largest absolute Gasteiger partial charge is 0.389 e. The molecule has 0 spiro atoms. The van der Waals surface area contributed by atoms with Crippen LogP contribution in [0, 0.1) is 20.8 Å². The summed E-state index contributed by atoms with van der Waals surface area (Å²) in [7, 11) is 0. The first-order valence-corrected chi connectivity index (χ1v) is 5.72. The highest BCUT2D eigenvalue weighted by Gasteiger charge is 2.12. The van der Waals surface area contributed by atoms with Gasteiger partial charge >= 0.3 is 0 Å². The Kier molecular flexibility index (Phi) is 4.50. The zero-order chi connectivity index (χ0) is 12.3. The van der Waals surface area contributed by atoms with Crippen LogP contribution >= 0.6 is 0 Å². The van der Waals surface area contributed by atoms with Crippen LogP contribution in [0.4, 0.5) is 0 Å². The van der Waals surface area contributed by atoms with Crippen molar-refractivity contribution in [2.24, 2.45) is 0 Å². The maximum Gasteiger partial charge on any atom is 0.0969 e. The van der Waals surface area contributed by atoms with E-state index in [-0.39, 0.29) is 6.10 Å². The average Bonchev–Trinajstić information content (AvgIpc) is 2.43. The van der Waals surface area contributed by atoms with Crippen molar-refractivity contribution in [2.75, 3.05) is 6.61 Å². The number of aromatic nitrogens is 2. The highest BCUT2D eigenvalue weighted by molar-refractivity contribution is 5.22. The summed E-state index contributed by atoms with van der Waals surface area (Å²) in [4.78, 5) is 0. The molecule has 0 radical (unpaired) electrons. The number of aliphatic hydroxyl groups excluding tert-OH is 1. The summed E-state index contributed by atoms with van der Waals surface area (Å²) in [6, 6.07) is 0. The second-order valence-corrected chi connectivity index (χ2v) is 4.51. The molecule has 4 heteroatoms. The van der Waals surface area contributed by atoms with E-state index in [1.54, 1.807) is 0 Å². The van der Waals surface area contributed by atoms with E-state index in [2.05, 4.69) is 5.10 Å². The Bertz CT molecular complexity index is 345. The number of hydrogen-bond donors (Lipinski definition) is 1. The summed E-state index contributed by atoms with van der Waals surface area (Å²) in [6.07, 6.45) is -0.350. The third-order valence-corrected chi connectivity index (χ3v) is 2.75. The Labute approximate surface area is 97.2 Å². The van der Waals surface area contributed by atoms with Crippen LogP contribution in [0.15, 0.2) is 0 Å². The summed E-state index contributed by atoms with van der Waals surface area (Å²) < 4.78 is 7.21. The third-order valence-electron chi connectivity index (χ3n) is 2.75. The average molecular weight is 226 g/mol. The lowest BCUT2D eigenvalue weighted by molar-refractivity contribution is -0.00226. The van der Waals surface area contributed by atoms with Crippen molar-refractivity contribution < 1.29 is 9.84 Å². The molecule has 4 nitrogen and oxygen atoms in total. The van der Waals surface area contributed by atoms with Crippen molar-refractivity contribution in [1.82, 2.24) is 9.78 Å². The molecular weight excluding hydrogens is 204 g/mol. The standard InChI is InChI=1S/C12H22N2O2/c1-8(2)16-7-12(15)6-14-11(5)9(3)10(4)13-14/h8,12,15H,6-7H2,1-5H3. The Morgan fingerprint density at radius 2 is 1.94 bits per heavy atom. The maximum absolute atomic E-state index is 9.79. The highest BCUT2D eigenvalue weighted by atomic mass is 16.5. The predicted molar refractivity (Wildman–Crippen MR) is 63.5 cm³/mol. The fourth-order valence-corrected chi connectivity index (χ4v) is 1.52. The first kappa shape index (κ1) is 13.2. The molecule has 0 saturated heterocycles. The van der Waals surface area contributed by atoms with Gasteiger partial charge in [-0.15, -0.1) is 0 Å². The van der Waals surface area contributed by atoms with Crippen LogP contribution in [-0.2, 0) is 11.3 Å². The van der Waals surface area contributed by atoms with E-state index in [0.717, 1.165) is 11.4 Å². The quantitative estimate of drug-likeness (QED) is 0.829.